The quantitative estimate of drug-likeness (QED) is 0.0543. The normalized spacial score (nSPS) is 12.4. The molecule has 0 saturated heterocycles. The summed E-state index contributed by atoms with van der Waals surface area (Å²) in [5.74, 6) is 1.84. The lowest BCUT2D eigenvalue weighted by Gasteiger charge is -2.24. The Balaban J connectivity index is 1.20. The second-order valence-electron chi connectivity index (χ2n) is 13.9. The van der Waals surface area contributed by atoms with Gasteiger partial charge in [0.2, 0.25) is 0 Å². The van der Waals surface area contributed by atoms with E-state index in [-0.39, 0.29) is 11.7 Å². The molecule has 0 amide bonds. The van der Waals surface area contributed by atoms with E-state index in [0.717, 1.165) is 137 Å². The number of anilines is 1. The van der Waals surface area contributed by atoms with Crippen LogP contribution in [0.1, 0.15) is 121 Å². The molecule has 0 unspecified atom stereocenters. The number of ether oxygens (including phenoxy) is 2. The van der Waals surface area contributed by atoms with Crippen molar-refractivity contribution in [2.24, 2.45) is 0 Å². The van der Waals surface area contributed by atoms with E-state index in [0.29, 0.717) is 17.9 Å². The Kier molecular flexibility index (Phi) is 12.9. The molecule has 1 aliphatic rings. The van der Waals surface area contributed by atoms with Crippen molar-refractivity contribution in [3.63, 3.8) is 0 Å². The SMILES string of the molecule is CC/C=c1/cc2c(cc1C)=C(c1ccccc1C(=O)OCCCCCCCCCCc1cc(O)c(C)c(C)c1O)c1cc(C)c(NCC)cc1O2. The Bertz CT molecular complexity index is 1990. The number of unbranched alkanes of at least 4 members (excludes halogenated alkanes) is 7. The summed E-state index contributed by atoms with van der Waals surface area (Å²) in [5, 5.41) is 26.1. The van der Waals surface area contributed by atoms with Gasteiger partial charge in [0.1, 0.15) is 23.0 Å². The maximum Gasteiger partial charge on any atom is 0.338 e. The number of rotatable bonds is 16. The third-order valence-electron chi connectivity index (χ3n) is 10.2. The Hall–Kier alpha value is -4.71. The van der Waals surface area contributed by atoms with Gasteiger partial charge >= 0.3 is 5.97 Å². The maximum absolute atomic E-state index is 13.6. The smallest absolute Gasteiger partial charge is 0.338 e. The van der Waals surface area contributed by atoms with Crippen LogP contribution in [0, 0.1) is 27.7 Å². The molecule has 6 nitrogen and oxygen atoms in total. The molecular weight excluding hydrogens is 634 g/mol. The summed E-state index contributed by atoms with van der Waals surface area (Å²) < 4.78 is 12.5. The lowest BCUT2D eigenvalue weighted by Crippen LogP contribution is -2.23. The third-order valence-corrected chi connectivity index (χ3v) is 10.2. The number of esters is 1. The first-order valence-corrected chi connectivity index (χ1v) is 18.8. The van der Waals surface area contributed by atoms with E-state index in [1.807, 2.05) is 38.1 Å². The van der Waals surface area contributed by atoms with Gasteiger partial charge in [-0.3, -0.25) is 0 Å². The molecule has 6 heteroatoms. The second-order valence-corrected chi connectivity index (χ2v) is 13.9. The molecule has 4 aromatic rings. The zero-order valence-electron chi connectivity index (χ0n) is 31.4. The topological polar surface area (TPSA) is 88.0 Å². The highest BCUT2D eigenvalue weighted by atomic mass is 16.5. The van der Waals surface area contributed by atoms with Crippen molar-refractivity contribution in [3.8, 4) is 23.0 Å². The Morgan fingerprint density at radius 1 is 0.784 bits per heavy atom. The van der Waals surface area contributed by atoms with Gasteiger partial charge in [-0.25, -0.2) is 4.79 Å². The molecule has 51 heavy (non-hydrogen) atoms. The van der Waals surface area contributed by atoms with Crippen LogP contribution in [0.4, 0.5) is 5.69 Å². The fourth-order valence-electron chi connectivity index (χ4n) is 7.07. The summed E-state index contributed by atoms with van der Waals surface area (Å²) in [6.07, 6.45) is 12.4. The highest BCUT2D eigenvalue weighted by Crippen LogP contribution is 2.40. The number of benzene rings is 4. The minimum absolute atomic E-state index is 0.258. The zero-order valence-corrected chi connectivity index (χ0v) is 31.4. The monoisotopic (exact) mass is 689 g/mol. The summed E-state index contributed by atoms with van der Waals surface area (Å²) in [4.78, 5) is 13.6. The Morgan fingerprint density at radius 2 is 1.49 bits per heavy atom. The van der Waals surface area contributed by atoms with Gasteiger partial charge in [-0.2, -0.15) is 0 Å². The summed E-state index contributed by atoms with van der Waals surface area (Å²) in [6.45, 7) is 13.3. The lowest BCUT2D eigenvalue weighted by molar-refractivity contribution is 0.0497. The highest BCUT2D eigenvalue weighted by molar-refractivity contribution is 5.99. The van der Waals surface area contributed by atoms with Crippen molar-refractivity contribution in [2.75, 3.05) is 18.5 Å². The highest BCUT2D eigenvalue weighted by Gasteiger charge is 2.25. The molecule has 3 N–H and O–H groups in total. The van der Waals surface area contributed by atoms with Gasteiger partial charge in [0.15, 0.2) is 0 Å². The van der Waals surface area contributed by atoms with E-state index in [1.165, 1.54) is 5.56 Å². The van der Waals surface area contributed by atoms with Gasteiger partial charge in [0, 0.05) is 34.7 Å². The van der Waals surface area contributed by atoms with Crippen LogP contribution in [0.5, 0.6) is 23.0 Å². The summed E-state index contributed by atoms with van der Waals surface area (Å²) in [5.41, 5.74) is 9.02. The van der Waals surface area contributed by atoms with Crippen LogP contribution >= 0.6 is 0 Å². The average molecular weight is 690 g/mol. The average Bonchev–Trinajstić information content (AvgIpc) is 3.12. The standard InChI is InChI=1S/C45H55NO5/c1-7-19-33-27-41-37(24-29(33)3)43(38-25-30(4)39(46-8-2)28-42(38)51-41)35-21-16-17-22-36(35)45(49)50-23-18-14-12-10-9-11-13-15-20-34-26-40(47)31(5)32(6)44(34)48/h16-17,19,21-22,24-28,46-48H,7-15,18,20,23H2,1-6H3/b33-19-. The van der Waals surface area contributed by atoms with Gasteiger partial charge in [-0.15, -0.1) is 0 Å². The van der Waals surface area contributed by atoms with Gasteiger partial charge < -0.3 is 25.0 Å². The van der Waals surface area contributed by atoms with Crippen molar-refractivity contribution in [2.45, 2.75) is 106 Å². The molecule has 0 atom stereocenters. The number of aromatic hydroxyl groups is 2. The van der Waals surface area contributed by atoms with Gasteiger partial charge in [0.05, 0.1) is 12.2 Å². The minimum atomic E-state index is -0.301. The lowest BCUT2D eigenvalue weighted by atomic mass is 9.88. The predicted molar refractivity (Wildman–Crippen MR) is 209 cm³/mol. The van der Waals surface area contributed by atoms with Gasteiger partial charge in [0.25, 0.3) is 0 Å². The van der Waals surface area contributed by atoms with E-state index in [4.69, 9.17) is 9.47 Å². The van der Waals surface area contributed by atoms with Crippen LogP contribution in [0.15, 0.2) is 54.6 Å². The number of phenolic OH excluding ortho intramolecular Hbond substituents is 2. The van der Waals surface area contributed by atoms with E-state index in [2.05, 4.69) is 63.4 Å². The molecule has 0 spiro atoms. The predicted octanol–water partition coefficient (Wildman–Crippen LogP) is 9.83. The number of carbonyl (C=O) groups excluding carboxylic acids is 1. The number of hydrogen-bond donors (Lipinski definition) is 3. The Morgan fingerprint density at radius 3 is 2.22 bits per heavy atom. The number of nitrogens with one attached hydrogen (secondary N) is 1. The fourth-order valence-corrected chi connectivity index (χ4v) is 7.07. The summed E-state index contributed by atoms with van der Waals surface area (Å²) in [7, 11) is 0. The van der Waals surface area contributed by atoms with Gasteiger partial charge in [-0.05, 0) is 129 Å². The zero-order chi connectivity index (χ0) is 36.5. The number of phenols is 2. The molecule has 5 rings (SSSR count). The van der Waals surface area contributed by atoms with Crippen LogP contribution in [-0.4, -0.2) is 29.3 Å². The summed E-state index contributed by atoms with van der Waals surface area (Å²) in [6, 6.07) is 18.0. The van der Waals surface area contributed by atoms with Crippen molar-refractivity contribution >= 4 is 23.3 Å². The van der Waals surface area contributed by atoms with Crippen molar-refractivity contribution in [3.05, 3.63) is 110 Å². The molecule has 0 radical (unpaired) electrons. The molecule has 0 saturated carbocycles. The number of fused-ring (bicyclic) bond motifs is 2. The molecular formula is C45H55NO5. The van der Waals surface area contributed by atoms with E-state index < -0.39 is 0 Å². The van der Waals surface area contributed by atoms with Crippen molar-refractivity contribution in [1.82, 2.24) is 0 Å². The summed E-state index contributed by atoms with van der Waals surface area (Å²) >= 11 is 0. The van der Waals surface area contributed by atoms with Gasteiger partial charge in [-0.1, -0.05) is 69.7 Å². The molecule has 1 heterocycles. The van der Waals surface area contributed by atoms with E-state index >= 15 is 0 Å². The van der Waals surface area contributed by atoms with Crippen LogP contribution in [0.2, 0.25) is 0 Å². The molecule has 0 fully saturated rings. The minimum Gasteiger partial charge on any atom is -0.508 e. The number of carbonyl (C=O) groups is 1. The third kappa shape index (κ3) is 8.79. The molecule has 4 aromatic carbocycles. The first-order chi connectivity index (χ1) is 24.6. The first-order valence-electron chi connectivity index (χ1n) is 18.8. The van der Waals surface area contributed by atoms with Crippen molar-refractivity contribution < 1.29 is 24.5 Å². The Labute approximate surface area is 303 Å². The van der Waals surface area contributed by atoms with Crippen LogP contribution < -0.4 is 20.5 Å². The maximum atomic E-state index is 13.6. The molecule has 1 aliphatic heterocycles. The van der Waals surface area contributed by atoms with Crippen molar-refractivity contribution in [1.29, 1.82) is 0 Å². The van der Waals surface area contributed by atoms with E-state index in [1.54, 1.807) is 6.07 Å². The molecule has 270 valence electrons. The van der Waals surface area contributed by atoms with Crippen LogP contribution in [0.3, 0.4) is 0 Å². The fraction of sp³-hybridized carbons (Fsp3) is 0.400. The largest absolute Gasteiger partial charge is 0.508 e. The second kappa shape index (κ2) is 17.5. The first kappa shape index (κ1) is 37.5. The molecule has 0 aliphatic carbocycles. The van der Waals surface area contributed by atoms with Crippen LogP contribution in [-0.2, 0) is 11.2 Å². The number of aryl methyl sites for hydroxylation is 3. The van der Waals surface area contributed by atoms with E-state index in [9.17, 15) is 15.0 Å². The number of hydrogen-bond acceptors (Lipinski definition) is 6. The van der Waals surface area contributed by atoms with Crippen LogP contribution in [0.25, 0.3) is 11.6 Å². The molecule has 0 aromatic heterocycles. The molecule has 0 bridgehead atoms.